The van der Waals surface area contributed by atoms with E-state index in [2.05, 4.69) is 85.8 Å². The minimum atomic E-state index is -2.28. The summed E-state index contributed by atoms with van der Waals surface area (Å²) in [6, 6.07) is 31.7. The first-order valence-electron chi connectivity index (χ1n) is 9.93. The zero-order valence-electron chi connectivity index (χ0n) is 16.9. The number of Topliss-reactive ketones (excluding diaryl/α,β-unsaturated/α-hetero) is 1. The van der Waals surface area contributed by atoms with Gasteiger partial charge in [-0.05, 0) is 48.9 Å². The molecule has 0 N–H and O–H groups in total. The number of carbonyl (C=O) groups is 1. The maximum atomic E-state index is 13.6. The Kier molecular flexibility index (Phi) is 6.60. The summed E-state index contributed by atoms with van der Waals surface area (Å²) < 4.78 is 0. The predicted molar refractivity (Wildman–Crippen MR) is 123 cm³/mol. The van der Waals surface area contributed by atoms with Crippen molar-refractivity contribution in [3.05, 3.63) is 102 Å². The van der Waals surface area contributed by atoms with Crippen LogP contribution in [0.2, 0.25) is 0 Å². The van der Waals surface area contributed by atoms with Crippen molar-refractivity contribution in [2.75, 3.05) is 0 Å². The van der Waals surface area contributed by atoms with E-state index >= 15 is 0 Å². The van der Waals surface area contributed by atoms with E-state index in [1.54, 1.807) is 0 Å². The molecule has 0 aliphatic heterocycles. The summed E-state index contributed by atoms with van der Waals surface area (Å²) in [4.78, 5) is 13.6. The fourth-order valence-electron chi connectivity index (χ4n) is 3.71. The van der Waals surface area contributed by atoms with Crippen molar-refractivity contribution < 1.29 is 4.79 Å². The van der Waals surface area contributed by atoms with Crippen LogP contribution >= 0.6 is 7.26 Å². The van der Waals surface area contributed by atoms with Gasteiger partial charge in [0.05, 0.1) is 0 Å². The van der Waals surface area contributed by atoms with Crippen LogP contribution in [0, 0.1) is 5.92 Å². The van der Waals surface area contributed by atoms with Crippen molar-refractivity contribution in [2.24, 2.45) is 5.92 Å². The molecule has 0 aromatic heterocycles. The van der Waals surface area contributed by atoms with E-state index in [9.17, 15) is 4.79 Å². The number of allylic oxidation sites excluding steroid dienone is 2. The Hall–Kier alpha value is -2.50. The molecule has 0 heterocycles. The van der Waals surface area contributed by atoms with Crippen LogP contribution in [0.1, 0.15) is 27.2 Å². The minimum Gasteiger partial charge on any atom is -0.290 e. The minimum absolute atomic E-state index is 0.0479. The van der Waals surface area contributed by atoms with Crippen molar-refractivity contribution in [1.29, 1.82) is 0 Å². The Morgan fingerprint density at radius 1 is 0.750 bits per heavy atom. The van der Waals surface area contributed by atoms with Crippen molar-refractivity contribution >= 4 is 29.0 Å². The lowest BCUT2D eigenvalue weighted by Gasteiger charge is -2.29. The molecule has 0 saturated carbocycles. The molecule has 0 unspecified atom stereocenters. The first kappa shape index (κ1) is 20.2. The topological polar surface area (TPSA) is 17.1 Å². The summed E-state index contributed by atoms with van der Waals surface area (Å²) in [6.45, 7) is 6.12. The predicted octanol–water partition coefficient (Wildman–Crippen LogP) is 5.50. The van der Waals surface area contributed by atoms with Crippen LogP contribution in [0.3, 0.4) is 0 Å². The van der Waals surface area contributed by atoms with Crippen LogP contribution in [0.4, 0.5) is 0 Å². The fourth-order valence-corrected chi connectivity index (χ4v) is 8.34. The quantitative estimate of drug-likeness (QED) is 0.386. The molecule has 1 nitrogen and oxygen atoms in total. The van der Waals surface area contributed by atoms with E-state index in [1.165, 1.54) is 15.9 Å². The molecule has 2 heteroatoms. The van der Waals surface area contributed by atoms with E-state index in [4.69, 9.17) is 0 Å². The Bertz CT molecular complexity index is 831. The highest BCUT2D eigenvalue weighted by atomic mass is 31.2. The van der Waals surface area contributed by atoms with Crippen molar-refractivity contribution in [1.82, 2.24) is 0 Å². The monoisotopic (exact) mass is 387 g/mol. The number of hydrogen-bond acceptors (Lipinski definition) is 1. The molecule has 3 rings (SSSR count). The molecule has 0 bridgehead atoms. The highest BCUT2D eigenvalue weighted by molar-refractivity contribution is 7.99. The summed E-state index contributed by atoms with van der Waals surface area (Å²) in [5.41, 5.74) is 0. The van der Waals surface area contributed by atoms with Crippen LogP contribution in [0.25, 0.3) is 0 Å². The smallest absolute Gasteiger partial charge is 0.200 e. The van der Waals surface area contributed by atoms with Gasteiger partial charge in [-0.25, -0.2) is 0 Å². The molecule has 0 amide bonds. The van der Waals surface area contributed by atoms with Gasteiger partial charge < -0.3 is 0 Å². The SMILES string of the molecule is CC/C=C(\C(=O)C(C)C)[P+](c1ccccc1)(c1ccccc1)c1ccccc1. The summed E-state index contributed by atoms with van der Waals surface area (Å²) in [7, 11) is -2.28. The molecule has 28 heavy (non-hydrogen) atoms. The van der Waals surface area contributed by atoms with Crippen molar-refractivity contribution in [3.63, 3.8) is 0 Å². The fraction of sp³-hybridized carbons (Fsp3) is 0.192. The van der Waals surface area contributed by atoms with Crippen LogP contribution in [-0.2, 0) is 4.79 Å². The van der Waals surface area contributed by atoms with Gasteiger partial charge in [0.15, 0.2) is 0 Å². The summed E-state index contributed by atoms with van der Waals surface area (Å²) in [6.07, 6.45) is 3.01. The van der Waals surface area contributed by atoms with E-state index < -0.39 is 7.26 Å². The highest BCUT2D eigenvalue weighted by Gasteiger charge is 2.52. The number of benzene rings is 3. The van der Waals surface area contributed by atoms with Gasteiger partial charge in [-0.2, -0.15) is 0 Å². The molecule has 0 saturated heterocycles. The summed E-state index contributed by atoms with van der Waals surface area (Å²) >= 11 is 0. The molecule has 142 valence electrons. The summed E-state index contributed by atoms with van der Waals surface area (Å²) in [5, 5.41) is 4.64. The second-order valence-corrected chi connectivity index (χ2v) is 10.6. The molecule has 3 aromatic rings. The molecule has 0 radical (unpaired) electrons. The third-order valence-electron chi connectivity index (χ3n) is 4.97. The Morgan fingerprint density at radius 3 is 1.39 bits per heavy atom. The average molecular weight is 387 g/mol. The van der Waals surface area contributed by atoms with E-state index in [1.807, 2.05) is 32.0 Å². The number of hydrogen-bond donors (Lipinski definition) is 0. The Morgan fingerprint density at radius 2 is 1.11 bits per heavy atom. The second kappa shape index (κ2) is 9.13. The van der Waals surface area contributed by atoms with Gasteiger partial charge in [-0.15, -0.1) is 0 Å². The van der Waals surface area contributed by atoms with Gasteiger partial charge in [-0.3, -0.25) is 4.79 Å². The number of carbonyl (C=O) groups excluding carboxylic acids is 1. The molecule has 0 aliphatic carbocycles. The maximum Gasteiger partial charge on any atom is 0.200 e. The molecule has 3 aromatic carbocycles. The van der Waals surface area contributed by atoms with Gasteiger partial charge in [0.2, 0.25) is 5.78 Å². The molecule has 0 aliphatic rings. The molecule has 0 fully saturated rings. The van der Waals surface area contributed by atoms with Crippen molar-refractivity contribution in [3.8, 4) is 0 Å². The molecular weight excluding hydrogens is 359 g/mol. The van der Waals surface area contributed by atoms with Gasteiger partial charge >= 0.3 is 0 Å². The highest BCUT2D eigenvalue weighted by Crippen LogP contribution is 2.63. The lowest BCUT2D eigenvalue weighted by atomic mass is 10.1. The first-order chi connectivity index (χ1) is 13.6. The van der Waals surface area contributed by atoms with Gasteiger partial charge in [0.1, 0.15) is 28.5 Å². The maximum absolute atomic E-state index is 13.6. The lowest BCUT2D eigenvalue weighted by molar-refractivity contribution is -0.117. The standard InChI is InChI=1S/C26H28OP/c1-4-14-25(26(27)21(2)3)28(22-15-8-5-9-16-22,23-17-10-6-11-18-23)24-19-12-7-13-20-24/h5-21H,4H2,1-3H3/q+1/b25-14+. The molecular formula is C26H28OP+. The van der Waals surface area contributed by atoms with E-state index in [0.717, 1.165) is 11.7 Å². The van der Waals surface area contributed by atoms with Crippen molar-refractivity contribution in [2.45, 2.75) is 27.2 Å². The second-order valence-electron chi connectivity index (χ2n) is 7.19. The normalized spacial score (nSPS) is 12.2. The average Bonchev–Trinajstić information content (AvgIpc) is 2.75. The third kappa shape index (κ3) is 3.73. The first-order valence-corrected chi connectivity index (χ1v) is 11.7. The number of rotatable bonds is 7. The lowest BCUT2D eigenvalue weighted by Crippen LogP contribution is -2.35. The van der Waals surface area contributed by atoms with Crippen LogP contribution < -0.4 is 15.9 Å². The molecule has 0 spiro atoms. The third-order valence-corrected chi connectivity index (χ3v) is 9.31. The Labute approximate surface area is 169 Å². The zero-order valence-corrected chi connectivity index (χ0v) is 17.8. The number of ketones is 1. The zero-order chi connectivity index (χ0) is 20.0. The Balaban J connectivity index is 2.47. The van der Waals surface area contributed by atoms with Gasteiger partial charge in [0.25, 0.3) is 0 Å². The van der Waals surface area contributed by atoms with Gasteiger partial charge in [-0.1, -0.05) is 75.4 Å². The van der Waals surface area contributed by atoms with E-state index in [-0.39, 0.29) is 11.7 Å². The molecule has 0 atom stereocenters. The van der Waals surface area contributed by atoms with Crippen LogP contribution in [-0.4, -0.2) is 5.78 Å². The van der Waals surface area contributed by atoms with Crippen LogP contribution in [0.15, 0.2) is 102 Å². The van der Waals surface area contributed by atoms with Crippen LogP contribution in [0.5, 0.6) is 0 Å². The summed E-state index contributed by atoms with van der Waals surface area (Å²) in [5.74, 6) is 0.194. The van der Waals surface area contributed by atoms with E-state index in [0.29, 0.717) is 0 Å². The largest absolute Gasteiger partial charge is 0.290 e. The van der Waals surface area contributed by atoms with Gasteiger partial charge in [0, 0.05) is 5.92 Å².